The predicted octanol–water partition coefficient (Wildman–Crippen LogP) is 3.82. The quantitative estimate of drug-likeness (QED) is 0.317. The maximum Gasteiger partial charge on any atom is 0.251 e. The van der Waals surface area contributed by atoms with Gasteiger partial charge >= 0.3 is 0 Å². The molecule has 0 aromatic rings. The van der Waals surface area contributed by atoms with Crippen LogP contribution in [0.4, 0.5) is 8.78 Å². The molecule has 0 radical (unpaired) electrons. The summed E-state index contributed by atoms with van der Waals surface area (Å²) in [6.45, 7) is 4.24. The largest absolute Gasteiger partial charge is 0.356 e. The van der Waals surface area contributed by atoms with Crippen LogP contribution in [0.25, 0.3) is 0 Å². The summed E-state index contributed by atoms with van der Waals surface area (Å²) in [5.41, 5.74) is 0. The lowest BCUT2D eigenvalue weighted by atomic mass is 10.1. The molecule has 1 aliphatic rings. The summed E-state index contributed by atoms with van der Waals surface area (Å²) in [6.07, 6.45) is 2.84. The van der Waals surface area contributed by atoms with Crippen molar-refractivity contribution in [2.45, 2.75) is 18.8 Å². The van der Waals surface area contributed by atoms with Crippen molar-refractivity contribution >= 4 is 40.0 Å². The molecule has 0 aromatic heterocycles. The number of amidine groups is 1. The second-order valence-electron chi connectivity index (χ2n) is 3.74. The molecule has 0 unspecified atom stereocenters. The van der Waals surface area contributed by atoms with Gasteiger partial charge in [0.25, 0.3) is 5.92 Å². The molecule has 17 heavy (non-hydrogen) atoms. The number of halogens is 4. The van der Waals surface area contributed by atoms with Crippen LogP contribution in [0.2, 0.25) is 0 Å². The number of piperidine rings is 1. The van der Waals surface area contributed by atoms with Crippen LogP contribution in [0.1, 0.15) is 12.8 Å². The Balaban J connectivity index is 2.67. The number of hydrogen-bond acceptors (Lipinski definition) is 1. The Bertz CT molecular complexity index is 332. The first-order valence-corrected chi connectivity index (χ1v) is 7.12. The normalized spacial score (nSPS) is 21.5. The fourth-order valence-electron chi connectivity index (χ4n) is 1.50. The smallest absolute Gasteiger partial charge is 0.251 e. The van der Waals surface area contributed by atoms with Crippen molar-refractivity contribution in [1.29, 1.82) is 0 Å². The Hall–Kier alpha value is -0.170. The van der Waals surface area contributed by atoms with Crippen LogP contribution < -0.4 is 0 Å². The molecule has 1 fully saturated rings. The Morgan fingerprint density at radius 3 is 2.53 bits per heavy atom. The number of nitrogens with zero attached hydrogens (tertiary/aromatic N) is 2. The monoisotopic (exact) mass is 374 g/mol. The van der Waals surface area contributed by atoms with E-state index in [9.17, 15) is 8.78 Å². The van der Waals surface area contributed by atoms with Gasteiger partial charge in [0.2, 0.25) is 0 Å². The summed E-state index contributed by atoms with van der Waals surface area (Å²) in [5.74, 6) is -1.94. The third-order valence-corrected chi connectivity index (χ3v) is 3.97. The van der Waals surface area contributed by atoms with Gasteiger partial charge in [0.1, 0.15) is 5.84 Å². The van der Waals surface area contributed by atoms with Crippen molar-refractivity contribution in [3.05, 3.63) is 23.9 Å². The molecule has 0 atom stereocenters. The number of hydrogen-bond donors (Lipinski definition) is 0. The lowest BCUT2D eigenvalue weighted by Crippen LogP contribution is -2.42. The van der Waals surface area contributed by atoms with Crippen LogP contribution in [0.3, 0.4) is 0 Å². The van der Waals surface area contributed by atoms with Gasteiger partial charge in [0, 0.05) is 41.6 Å². The highest BCUT2D eigenvalue weighted by molar-refractivity contribution is 14.1. The number of aliphatic imine (C=N–C) groups is 1. The number of rotatable bonds is 3. The van der Waals surface area contributed by atoms with Crippen molar-refractivity contribution in [3.63, 3.8) is 0 Å². The zero-order chi connectivity index (χ0) is 12.9. The molecule has 1 rings (SSSR count). The van der Waals surface area contributed by atoms with Gasteiger partial charge in [0.15, 0.2) is 0 Å². The molecule has 6 heteroatoms. The second-order valence-corrected chi connectivity index (χ2v) is 4.99. The van der Waals surface area contributed by atoms with Crippen LogP contribution in [0.5, 0.6) is 0 Å². The molecule has 1 aliphatic heterocycles. The first kappa shape index (κ1) is 14.9. The van der Waals surface area contributed by atoms with Gasteiger partial charge in [-0.25, -0.2) is 13.8 Å². The summed E-state index contributed by atoms with van der Waals surface area (Å²) in [4.78, 5) is 5.97. The van der Waals surface area contributed by atoms with E-state index in [1.54, 1.807) is 11.0 Å². The molecule has 0 saturated carbocycles. The molecule has 0 aromatic carbocycles. The van der Waals surface area contributed by atoms with E-state index in [1.165, 1.54) is 6.20 Å². The average molecular weight is 375 g/mol. The highest BCUT2D eigenvalue weighted by atomic mass is 127. The van der Waals surface area contributed by atoms with E-state index < -0.39 is 5.92 Å². The summed E-state index contributed by atoms with van der Waals surface area (Å²) in [6, 6.07) is 0. The molecule has 0 bridgehead atoms. The lowest BCUT2D eigenvalue weighted by Gasteiger charge is -2.32. The number of likely N-dealkylation sites (tertiary alicyclic amines) is 1. The maximum absolute atomic E-state index is 13.0. The van der Waals surface area contributed by atoms with Crippen LogP contribution in [-0.4, -0.2) is 34.2 Å². The highest BCUT2D eigenvalue weighted by Crippen LogP contribution is 2.27. The molecule has 0 aliphatic carbocycles. The van der Waals surface area contributed by atoms with Crippen LogP contribution >= 0.6 is 34.2 Å². The van der Waals surface area contributed by atoms with Gasteiger partial charge < -0.3 is 4.90 Å². The summed E-state index contributed by atoms with van der Waals surface area (Å²) in [7, 11) is 0. The van der Waals surface area contributed by atoms with Crippen molar-refractivity contribution in [2.75, 3.05) is 17.5 Å². The minimum Gasteiger partial charge on any atom is -0.356 e. The van der Waals surface area contributed by atoms with Gasteiger partial charge in [0.05, 0.1) is 0 Å². The third kappa shape index (κ3) is 4.91. The fraction of sp³-hybridized carbons (Fsp3) is 0.545. The SMILES string of the molecule is C=C/C(=N\C=C(\Cl)CI)N1CCC(F)(F)CC1. The van der Waals surface area contributed by atoms with Crippen molar-refractivity contribution in [1.82, 2.24) is 4.90 Å². The van der Waals surface area contributed by atoms with E-state index in [1.807, 2.05) is 0 Å². The Morgan fingerprint density at radius 1 is 1.47 bits per heavy atom. The van der Waals surface area contributed by atoms with E-state index in [0.29, 0.717) is 28.4 Å². The van der Waals surface area contributed by atoms with E-state index >= 15 is 0 Å². The predicted molar refractivity (Wildman–Crippen MR) is 76.2 cm³/mol. The lowest BCUT2D eigenvalue weighted by molar-refractivity contribution is -0.0433. The van der Waals surface area contributed by atoms with Crippen molar-refractivity contribution in [3.8, 4) is 0 Å². The van der Waals surface area contributed by atoms with E-state index in [2.05, 4.69) is 34.2 Å². The summed E-state index contributed by atoms with van der Waals surface area (Å²) in [5, 5.41) is 0.618. The molecule has 96 valence electrons. The van der Waals surface area contributed by atoms with Gasteiger partial charge in [-0.1, -0.05) is 40.8 Å². The van der Waals surface area contributed by atoms with E-state index in [4.69, 9.17) is 11.6 Å². The summed E-state index contributed by atoms with van der Waals surface area (Å²) >= 11 is 7.95. The van der Waals surface area contributed by atoms with Gasteiger partial charge in [-0.2, -0.15) is 0 Å². The topological polar surface area (TPSA) is 15.6 Å². The molecule has 1 saturated heterocycles. The molecule has 2 nitrogen and oxygen atoms in total. The van der Waals surface area contributed by atoms with E-state index in [0.717, 1.165) is 0 Å². The standard InChI is InChI=1S/C11H14ClF2IN2/c1-2-10(16-8-9(12)7-15)17-5-3-11(13,14)4-6-17/h2,8H,1,3-7H2/b9-8+,16-10+. The molecule has 0 N–H and O–H groups in total. The molecule has 0 spiro atoms. The Labute approximate surface area is 119 Å². The minimum absolute atomic E-state index is 0.135. The summed E-state index contributed by atoms with van der Waals surface area (Å²) < 4.78 is 26.6. The van der Waals surface area contributed by atoms with Crippen molar-refractivity contribution < 1.29 is 8.78 Å². The zero-order valence-corrected chi connectivity index (χ0v) is 12.2. The molecule has 1 heterocycles. The number of alkyl halides is 3. The number of allylic oxidation sites excluding steroid dienone is 1. The van der Waals surface area contributed by atoms with Crippen molar-refractivity contribution in [2.24, 2.45) is 4.99 Å². The highest BCUT2D eigenvalue weighted by Gasteiger charge is 2.34. The Morgan fingerprint density at radius 2 is 2.06 bits per heavy atom. The zero-order valence-electron chi connectivity index (χ0n) is 9.30. The Kier molecular flexibility index (Phi) is 5.85. The first-order valence-electron chi connectivity index (χ1n) is 5.22. The van der Waals surface area contributed by atoms with Crippen LogP contribution in [0.15, 0.2) is 28.9 Å². The average Bonchev–Trinajstić information content (AvgIpc) is 2.31. The molecular weight excluding hydrogens is 360 g/mol. The first-order chi connectivity index (χ1) is 7.98. The molecule has 0 amide bonds. The van der Waals surface area contributed by atoms with Gasteiger partial charge in [-0.05, 0) is 6.08 Å². The van der Waals surface area contributed by atoms with Gasteiger partial charge in [-0.3, -0.25) is 0 Å². The van der Waals surface area contributed by atoms with E-state index in [-0.39, 0.29) is 12.8 Å². The fourth-order valence-corrected chi connectivity index (χ4v) is 1.74. The van der Waals surface area contributed by atoms with Crippen LogP contribution in [0, 0.1) is 0 Å². The maximum atomic E-state index is 13.0. The minimum atomic E-state index is -2.54. The van der Waals surface area contributed by atoms with Crippen LogP contribution in [-0.2, 0) is 0 Å². The van der Waals surface area contributed by atoms with Gasteiger partial charge in [-0.15, -0.1) is 0 Å². The second kappa shape index (κ2) is 6.68. The third-order valence-electron chi connectivity index (χ3n) is 2.47. The molecular formula is C11H14ClF2IN2.